The molecule has 0 fully saturated rings. The van der Waals surface area contributed by atoms with Crippen molar-refractivity contribution < 1.29 is 0 Å². The molecule has 0 heterocycles. The molecule has 8 aliphatic rings. The second-order valence-electron chi connectivity index (χ2n) is 22.6. The third kappa shape index (κ3) is 5.28. The summed E-state index contributed by atoms with van der Waals surface area (Å²) in [5.74, 6) is 0. The third-order valence-electron chi connectivity index (χ3n) is 19.0. The van der Waals surface area contributed by atoms with E-state index in [9.17, 15) is 0 Å². The first-order valence-corrected chi connectivity index (χ1v) is 27.3. The summed E-state index contributed by atoms with van der Waals surface area (Å²) in [6.07, 6.45) is 18.6. The minimum Gasteiger partial charge on any atom is -0.0759 e. The Morgan fingerprint density at radius 3 is 1.24 bits per heavy atom. The van der Waals surface area contributed by atoms with E-state index in [-0.39, 0.29) is 0 Å². The molecule has 0 unspecified atom stereocenters. The fourth-order valence-electron chi connectivity index (χ4n) is 16.0. The van der Waals surface area contributed by atoms with E-state index in [2.05, 4.69) is 182 Å². The lowest BCUT2D eigenvalue weighted by Crippen LogP contribution is -2.15. The summed E-state index contributed by atoms with van der Waals surface area (Å²) in [6.45, 7) is 0. The second kappa shape index (κ2) is 14.7. The molecule has 20 rings (SSSR count). The Bertz CT molecular complexity index is 4410. The largest absolute Gasteiger partial charge is 0.0759 e. The summed E-state index contributed by atoms with van der Waals surface area (Å²) in [5, 5.41) is 14.9. The van der Waals surface area contributed by atoms with Crippen LogP contribution in [0.1, 0.15) is 96.3 Å². The number of benzene rings is 12. The first-order chi connectivity index (χ1) is 36.7. The van der Waals surface area contributed by atoms with E-state index in [0.717, 1.165) is 51.4 Å². The molecule has 74 heavy (non-hydrogen) atoms. The molecule has 346 valence electrons. The highest BCUT2D eigenvalue weighted by molar-refractivity contribution is 6.43. The predicted octanol–water partition coefficient (Wildman–Crippen LogP) is 18.2. The van der Waals surface area contributed by atoms with Crippen LogP contribution in [0.2, 0.25) is 0 Å². The molecular weight excluding hydrogens is 889 g/mol. The lowest BCUT2D eigenvalue weighted by atomic mass is 9.67. The Morgan fingerprint density at radius 1 is 0.230 bits per heavy atom. The van der Waals surface area contributed by atoms with Gasteiger partial charge in [0.15, 0.2) is 0 Å². The van der Waals surface area contributed by atoms with Crippen molar-refractivity contribution in [2.75, 3.05) is 0 Å². The Labute approximate surface area is 431 Å². The zero-order chi connectivity index (χ0) is 47.9. The summed E-state index contributed by atoms with van der Waals surface area (Å²) < 4.78 is 0. The molecule has 0 bridgehead atoms. The van der Waals surface area contributed by atoms with Gasteiger partial charge in [0.2, 0.25) is 0 Å². The molecule has 0 saturated heterocycles. The van der Waals surface area contributed by atoms with Gasteiger partial charge in [0, 0.05) is 0 Å². The molecule has 0 heteroatoms. The molecule has 0 amide bonds. The van der Waals surface area contributed by atoms with E-state index < -0.39 is 0 Å². The van der Waals surface area contributed by atoms with Crippen molar-refractivity contribution >= 4 is 70.6 Å². The summed E-state index contributed by atoms with van der Waals surface area (Å²) in [5.41, 5.74) is 36.7. The van der Waals surface area contributed by atoms with E-state index in [0.29, 0.717) is 0 Å². The van der Waals surface area contributed by atoms with Gasteiger partial charge in [0.25, 0.3) is 0 Å². The van der Waals surface area contributed by atoms with Crippen LogP contribution in [0.4, 0.5) is 0 Å². The predicted molar refractivity (Wildman–Crippen MR) is 311 cm³/mol. The number of aryl methyl sites for hydroxylation is 2. The maximum atomic E-state index is 2.54. The summed E-state index contributed by atoms with van der Waals surface area (Å²) >= 11 is 0. The minimum absolute atomic E-state index is 1.07. The normalized spacial score (nSPS) is 15.8. The van der Waals surface area contributed by atoms with Crippen LogP contribution in [0.5, 0.6) is 0 Å². The highest BCUT2D eigenvalue weighted by Crippen LogP contribution is 2.60. The summed E-state index contributed by atoms with van der Waals surface area (Å²) in [6, 6.07) is 61.4. The van der Waals surface area contributed by atoms with E-state index in [1.165, 1.54) is 129 Å². The Balaban J connectivity index is 0.0000000942. The fourth-order valence-corrected chi connectivity index (χ4v) is 16.0. The van der Waals surface area contributed by atoms with Crippen molar-refractivity contribution in [2.45, 2.75) is 64.2 Å². The molecule has 12 aromatic carbocycles. The van der Waals surface area contributed by atoms with Crippen LogP contribution in [0.15, 0.2) is 182 Å². The lowest BCUT2D eigenvalue weighted by Gasteiger charge is -2.36. The van der Waals surface area contributed by atoms with Crippen molar-refractivity contribution in [1.82, 2.24) is 0 Å². The monoisotopic (exact) mass is 938 g/mol. The molecule has 0 radical (unpaired) electrons. The van der Waals surface area contributed by atoms with Gasteiger partial charge in [-0.3, -0.25) is 0 Å². The molecule has 0 spiro atoms. The number of hydrogen-bond acceptors (Lipinski definition) is 0. The molecule has 8 aliphatic carbocycles. The number of hydrogen-bond donors (Lipinski definition) is 0. The Hall–Kier alpha value is -8.32. The SMILES string of the molecule is C1=C2CC=C3Cc4ccc5ccc6ccc7cc8c9c(c2c3c2c4c5c6c7c92)C(=CC8)C1.c1ccc2c(c1)CCc1ccccc1C2.c1ccc2c(c1)Cc1c-2c2c(c3c1-c1ccccc1C3)-c1ccccc1C2. The summed E-state index contributed by atoms with van der Waals surface area (Å²) in [4.78, 5) is 0. The molecule has 0 nitrogen and oxygen atoms in total. The van der Waals surface area contributed by atoms with Gasteiger partial charge >= 0.3 is 0 Å². The maximum Gasteiger partial charge on any atom is -0.000442 e. The van der Waals surface area contributed by atoms with E-state index in [1.807, 2.05) is 0 Å². The van der Waals surface area contributed by atoms with Gasteiger partial charge in [0.05, 0.1) is 0 Å². The van der Waals surface area contributed by atoms with Crippen LogP contribution in [-0.2, 0) is 51.4 Å². The number of allylic oxidation sites excluding steroid dienone is 6. The average molecular weight is 939 g/mol. The lowest BCUT2D eigenvalue weighted by molar-refractivity contribution is 0.965. The minimum atomic E-state index is 1.07. The van der Waals surface area contributed by atoms with Crippen molar-refractivity contribution in [1.29, 1.82) is 0 Å². The number of fused-ring (bicyclic) bond motifs is 14. The van der Waals surface area contributed by atoms with Crippen LogP contribution < -0.4 is 0 Å². The van der Waals surface area contributed by atoms with Crippen LogP contribution in [0, 0.1) is 0 Å². The van der Waals surface area contributed by atoms with E-state index >= 15 is 0 Å². The highest BCUT2D eigenvalue weighted by atomic mass is 14.4. The topological polar surface area (TPSA) is 0 Å². The Morgan fingerprint density at radius 2 is 0.662 bits per heavy atom. The first-order valence-electron chi connectivity index (χ1n) is 27.3. The van der Waals surface area contributed by atoms with Gasteiger partial charge in [-0.2, -0.15) is 0 Å². The molecule has 0 N–H and O–H groups in total. The van der Waals surface area contributed by atoms with Gasteiger partial charge in [-0.1, -0.05) is 182 Å². The van der Waals surface area contributed by atoms with E-state index in [1.54, 1.807) is 71.6 Å². The van der Waals surface area contributed by atoms with Gasteiger partial charge in [-0.05, 0) is 252 Å². The maximum absolute atomic E-state index is 2.54. The zero-order valence-corrected chi connectivity index (χ0v) is 41.4. The smallest absolute Gasteiger partial charge is 0.000442 e. The highest BCUT2D eigenvalue weighted by Gasteiger charge is 2.38. The van der Waals surface area contributed by atoms with E-state index in [4.69, 9.17) is 0 Å². The quantitative estimate of drug-likeness (QED) is 0.105. The third-order valence-corrected chi connectivity index (χ3v) is 19.0. The standard InChI is InChI=1S/C32H18.C27H18.C15H14/c1-2-16-6-10-20-14-22-12-8-18-4-3-17-7-11-21-13-19-9-5-15(1)23-24(16)28(20)32-30(22)26(18)25(17)29(21)31(32)27(19)23;1-4-10-19-16(7-1)13-22-25(19)23-14-17-8-3-6-12-21(17)27(23)24-15-18-9-2-5-11-20(18)26(22)24;1-3-7-14-11-15-8-4-2-6-13(15)10-9-12(14)5-1/h1-3,5-6,8-11,14H,4,7,12-13H2;1-12H,13-15H2;1-8H,9-11H2. The molecule has 0 atom stereocenters. The van der Waals surface area contributed by atoms with Crippen molar-refractivity contribution in [3.8, 4) is 33.4 Å². The fraction of sp³-hybridized carbons (Fsp3) is 0.135. The second-order valence-corrected chi connectivity index (χ2v) is 22.6. The van der Waals surface area contributed by atoms with Gasteiger partial charge in [0.1, 0.15) is 0 Å². The van der Waals surface area contributed by atoms with Gasteiger partial charge in [-0.25, -0.2) is 0 Å². The number of rotatable bonds is 0. The molecule has 0 aromatic heterocycles. The van der Waals surface area contributed by atoms with Crippen LogP contribution in [0.3, 0.4) is 0 Å². The van der Waals surface area contributed by atoms with Crippen LogP contribution in [0.25, 0.3) is 104 Å². The average Bonchev–Trinajstić information content (AvgIpc) is 4.17. The first kappa shape index (κ1) is 40.2. The van der Waals surface area contributed by atoms with Crippen LogP contribution >= 0.6 is 0 Å². The molecule has 0 aliphatic heterocycles. The van der Waals surface area contributed by atoms with Gasteiger partial charge < -0.3 is 0 Å². The molecular formula is C74H50. The van der Waals surface area contributed by atoms with Crippen LogP contribution in [-0.4, -0.2) is 0 Å². The van der Waals surface area contributed by atoms with Gasteiger partial charge in [-0.15, -0.1) is 0 Å². The van der Waals surface area contributed by atoms with Crippen molar-refractivity contribution in [3.63, 3.8) is 0 Å². The molecule has 0 saturated carbocycles. The summed E-state index contributed by atoms with van der Waals surface area (Å²) in [7, 11) is 0. The zero-order valence-electron chi connectivity index (χ0n) is 41.4. The Kier molecular flexibility index (Phi) is 7.97. The van der Waals surface area contributed by atoms with Crippen molar-refractivity contribution in [3.05, 3.63) is 265 Å². The molecule has 12 aromatic rings. The van der Waals surface area contributed by atoms with Crippen molar-refractivity contribution in [2.24, 2.45) is 0 Å².